The van der Waals surface area contributed by atoms with Gasteiger partial charge in [-0.05, 0) is 54.5 Å². The lowest BCUT2D eigenvalue weighted by Gasteiger charge is -2.09. The van der Waals surface area contributed by atoms with Crippen LogP contribution in [0.5, 0.6) is 5.75 Å². The van der Waals surface area contributed by atoms with Crippen molar-refractivity contribution < 1.29 is 23.9 Å². The molecule has 0 aliphatic rings. The fourth-order valence-electron chi connectivity index (χ4n) is 3.18. The van der Waals surface area contributed by atoms with E-state index >= 15 is 0 Å². The van der Waals surface area contributed by atoms with Gasteiger partial charge < -0.3 is 23.9 Å². The molecule has 0 bridgehead atoms. The van der Waals surface area contributed by atoms with Gasteiger partial charge in [-0.15, -0.1) is 11.3 Å². The third kappa shape index (κ3) is 6.32. The number of benzene rings is 2. The maximum atomic E-state index is 10.9. The van der Waals surface area contributed by atoms with E-state index in [-0.39, 0.29) is 19.4 Å². The quantitative estimate of drug-likeness (QED) is 0.230. The Bertz CT molecular complexity index is 1230. The van der Waals surface area contributed by atoms with Gasteiger partial charge in [-0.1, -0.05) is 53.7 Å². The zero-order valence-corrected chi connectivity index (χ0v) is 19.4. The molecule has 2 aromatic carbocycles. The SMILES string of the molecule is Cc1oc(-c2cccs2)nc1COc1ccc(CO/N=C(/CCC(=O)[O-])c2ccccc2)cc1. The van der Waals surface area contributed by atoms with E-state index in [0.717, 1.165) is 27.5 Å². The number of carboxylic acids is 1. The first-order valence-corrected chi connectivity index (χ1v) is 11.6. The first kappa shape index (κ1) is 23.3. The van der Waals surface area contributed by atoms with Crippen LogP contribution in [0.2, 0.25) is 0 Å². The number of oxime groups is 1. The van der Waals surface area contributed by atoms with E-state index in [1.165, 1.54) is 0 Å². The smallest absolute Gasteiger partial charge is 0.236 e. The number of rotatable bonds is 11. The van der Waals surface area contributed by atoms with Gasteiger partial charge in [0.2, 0.25) is 5.89 Å². The summed E-state index contributed by atoms with van der Waals surface area (Å²) in [5, 5.41) is 17.0. The van der Waals surface area contributed by atoms with E-state index in [1.54, 1.807) is 11.3 Å². The van der Waals surface area contributed by atoms with Crippen LogP contribution in [-0.2, 0) is 22.8 Å². The predicted octanol–water partition coefficient (Wildman–Crippen LogP) is 4.74. The van der Waals surface area contributed by atoms with Crippen LogP contribution in [0, 0.1) is 6.92 Å². The highest BCUT2D eigenvalue weighted by Gasteiger charge is 2.13. The van der Waals surface area contributed by atoms with E-state index in [1.807, 2.05) is 79.0 Å². The molecule has 2 aromatic heterocycles. The Balaban J connectivity index is 1.32. The van der Waals surface area contributed by atoms with Crippen LogP contribution in [0.15, 0.2) is 81.7 Å². The molecule has 4 aromatic rings. The lowest BCUT2D eigenvalue weighted by molar-refractivity contribution is -0.305. The van der Waals surface area contributed by atoms with Gasteiger partial charge in [0.05, 0.1) is 10.6 Å². The normalized spacial score (nSPS) is 11.4. The monoisotopic (exact) mass is 475 g/mol. The first-order chi connectivity index (χ1) is 16.6. The highest BCUT2D eigenvalue weighted by atomic mass is 32.1. The second-order valence-corrected chi connectivity index (χ2v) is 8.43. The molecule has 0 radical (unpaired) electrons. The van der Waals surface area contributed by atoms with Crippen molar-refractivity contribution in [3.05, 3.63) is 94.7 Å². The zero-order chi connectivity index (χ0) is 23.8. The van der Waals surface area contributed by atoms with E-state index in [2.05, 4.69) is 10.1 Å². The number of hydrogen-bond donors (Lipinski definition) is 0. The maximum Gasteiger partial charge on any atom is 0.236 e. The Labute approximate surface area is 201 Å². The number of carbonyl (C=O) groups is 1. The predicted molar refractivity (Wildman–Crippen MR) is 127 cm³/mol. The number of thiophene rings is 1. The Kier molecular flexibility index (Phi) is 7.72. The summed E-state index contributed by atoms with van der Waals surface area (Å²) < 4.78 is 11.6. The van der Waals surface area contributed by atoms with Gasteiger partial charge in [0, 0.05) is 5.97 Å². The second kappa shape index (κ2) is 11.3. The fraction of sp³-hybridized carbons (Fsp3) is 0.192. The number of aryl methyl sites for hydroxylation is 1. The molecule has 174 valence electrons. The minimum Gasteiger partial charge on any atom is -0.550 e. The number of carbonyl (C=O) groups excluding carboxylic acids is 1. The molecule has 4 rings (SSSR count). The molecule has 0 unspecified atom stereocenters. The number of hydrogen-bond acceptors (Lipinski definition) is 8. The van der Waals surface area contributed by atoms with Gasteiger partial charge in [0.25, 0.3) is 0 Å². The van der Waals surface area contributed by atoms with Crippen LogP contribution in [-0.4, -0.2) is 16.7 Å². The van der Waals surface area contributed by atoms with Crippen molar-refractivity contribution in [1.29, 1.82) is 0 Å². The van der Waals surface area contributed by atoms with Crippen molar-refractivity contribution in [2.75, 3.05) is 0 Å². The van der Waals surface area contributed by atoms with Crippen LogP contribution in [0.4, 0.5) is 0 Å². The molecule has 7 nitrogen and oxygen atoms in total. The number of carboxylic acid groups (broad SMARTS) is 1. The van der Waals surface area contributed by atoms with Crippen LogP contribution in [0.3, 0.4) is 0 Å². The number of aromatic nitrogens is 1. The number of aliphatic carboxylic acids is 1. The number of ether oxygens (including phenoxy) is 1. The number of oxazole rings is 1. The first-order valence-electron chi connectivity index (χ1n) is 10.7. The van der Waals surface area contributed by atoms with Crippen LogP contribution >= 0.6 is 11.3 Å². The van der Waals surface area contributed by atoms with Crippen LogP contribution in [0.1, 0.15) is 35.4 Å². The van der Waals surface area contributed by atoms with Crippen LogP contribution < -0.4 is 9.84 Å². The molecule has 0 fully saturated rings. The molecule has 0 aliphatic carbocycles. The molecule has 0 saturated carbocycles. The molecule has 0 saturated heterocycles. The van der Waals surface area contributed by atoms with Crippen molar-refractivity contribution in [1.82, 2.24) is 4.98 Å². The highest BCUT2D eigenvalue weighted by Crippen LogP contribution is 2.26. The second-order valence-electron chi connectivity index (χ2n) is 7.48. The topological polar surface area (TPSA) is 97.0 Å². The van der Waals surface area contributed by atoms with Crippen molar-refractivity contribution in [2.45, 2.75) is 33.0 Å². The van der Waals surface area contributed by atoms with Gasteiger partial charge in [0.15, 0.2) is 0 Å². The summed E-state index contributed by atoms with van der Waals surface area (Å²) in [5.41, 5.74) is 3.05. The van der Waals surface area contributed by atoms with Crippen molar-refractivity contribution in [2.24, 2.45) is 5.16 Å². The maximum absolute atomic E-state index is 10.9. The van der Waals surface area contributed by atoms with Crippen molar-refractivity contribution in [3.63, 3.8) is 0 Å². The van der Waals surface area contributed by atoms with Crippen molar-refractivity contribution in [3.8, 4) is 16.5 Å². The van der Waals surface area contributed by atoms with E-state index in [9.17, 15) is 9.90 Å². The molecule has 0 atom stereocenters. The average Bonchev–Trinajstić information content (AvgIpc) is 3.51. The van der Waals surface area contributed by atoms with Gasteiger partial charge in [-0.25, -0.2) is 4.98 Å². The highest BCUT2D eigenvalue weighted by molar-refractivity contribution is 7.13. The molecule has 0 N–H and O–H groups in total. The molecule has 0 aliphatic heterocycles. The zero-order valence-electron chi connectivity index (χ0n) is 18.6. The average molecular weight is 476 g/mol. The summed E-state index contributed by atoms with van der Waals surface area (Å²) in [5.74, 6) is 0.918. The summed E-state index contributed by atoms with van der Waals surface area (Å²) in [6.07, 6.45) is 0.109. The standard InChI is InChI=1S/C26H24N2O5S/c1-18-23(27-26(33-18)24-8-5-15-34-24)17-31-21-11-9-19(10-12-21)16-32-28-22(13-14-25(29)30)20-6-3-2-4-7-20/h2-12,15H,13-14,16-17H2,1H3,(H,29,30)/p-1/b28-22-. The van der Waals surface area contributed by atoms with E-state index in [4.69, 9.17) is 14.0 Å². The molecule has 34 heavy (non-hydrogen) atoms. The molecule has 0 spiro atoms. The number of nitrogens with zero attached hydrogens (tertiary/aromatic N) is 2. The molecule has 0 amide bonds. The third-order valence-electron chi connectivity index (χ3n) is 5.00. The largest absolute Gasteiger partial charge is 0.550 e. The van der Waals surface area contributed by atoms with Crippen LogP contribution in [0.25, 0.3) is 10.8 Å². The van der Waals surface area contributed by atoms with Crippen molar-refractivity contribution >= 4 is 23.0 Å². The lowest BCUT2D eigenvalue weighted by Crippen LogP contribution is -2.23. The Hall–Kier alpha value is -3.91. The molecule has 2 heterocycles. The lowest BCUT2D eigenvalue weighted by atomic mass is 10.1. The summed E-state index contributed by atoms with van der Waals surface area (Å²) in [4.78, 5) is 21.9. The summed E-state index contributed by atoms with van der Waals surface area (Å²) in [6.45, 7) is 2.43. The molecule has 8 heteroatoms. The van der Waals surface area contributed by atoms with Gasteiger partial charge in [0.1, 0.15) is 30.4 Å². The molecular weight excluding hydrogens is 452 g/mol. The third-order valence-corrected chi connectivity index (χ3v) is 5.86. The summed E-state index contributed by atoms with van der Waals surface area (Å²) >= 11 is 1.58. The van der Waals surface area contributed by atoms with Gasteiger partial charge >= 0.3 is 0 Å². The fourth-order valence-corrected chi connectivity index (χ4v) is 3.83. The minimum atomic E-state index is -1.12. The van der Waals surface area contributed by atoms with Gasteiger partial charge in [-0.2, -0.15) is 0 Å². The summed E-state index contributed by atoms with van der Waals surface area (Å²) in [7, 11) is 0. The Morgan fingerprint density at radius 1 is 1.03 bits per heavy atom. The summed E-state index contributed by atoms with van der Waals surface area (Å²) in [6, 6.07) is 20.8. The molecular formula is C26H23N2O5S-. The van der Waals surface area contributed by atoms with E-state index < -0.39 is 5.97 Å². The van der Waals surface area contributed by atoms with E-state index in [0.29, 0.717) is 24.0 Å². The van der Waals surface area contributed by atoms with Gasteiger partial charge in [-0.3, -0.25) is 0 Å². The Morgan fingerprint density at radius 2 is 1.82 bits per heavy atom. The Morgan fingerprint density at radius 3 is 2.53 bits per heavy atom. The minimum absolute atomic E-state index is 0.122.